The van der Waals surface area contributed by atoms with E-state index in [9.17, 15) is 4.79 Å². The zero-order chi connectivity index (χ0) is 30.4. The summed E-state index contributed by atoms with van der Waals surface area (Å²) in [5.41, 5.74) is 0.515. The molecule has 1 fully saturated rings. The van der Waals surface area contributed by atoms with Crippen LogP contribution >= 0.6 is 0 Å². The summed E-state index contributed by atoms with van der Waals surface area (Å²) in [6.45, 7) is 6.01. The molecule has 240 valence electrons. The van der Waals surface area contributed by atoms with Gasteiger partial charge in [-0.25, -0.2) is 4.79 Å². The molecule has 1 aliphatic carbocycles. The summed E-state index contributed by atoms with van der Waals surface area (Å²) in [4.78, 5) is 12.6. The van der Waals surface area contributed by atoms with Crippen LogP contribution in [0.25, 0.3) is 0 Å². The van der Waals surface area contributed by atoms with Gasteiger partial charge >= 0.3 is 5.97 Å². The second-order valence-corrected chi connectivity index (χ2v) is 12.8. The molecule has 0 aliphatic heterocycles. The summed E-state index contributed by atoms with van der Waals surface area (Å²) in [7, 11) is 0. The number of carbonyl (C=O) groups excluding carboxylic acids is 1. The molecule has 3 rings (SSSR count). The maximum absolute atomic E-state index is 12.6. The van der Waals surface area contributed by atoms with Crippen molar-refractivity contribution in [2.24, 2.45) is 11.8 Å². The number of hydrogen-bond donors (Lipinski definition) is 0. The molecule has 4 heteroatoms. The normalized spacial score (nSPS) is 16.6. The smallest absolute Gasteiger partial charge is 0.343 e. The molecule has 0 heterocycles. The van der Waals surface area contributed by atoms with Crippen LogP contribution in [0.1, 0.15) is 153 Å². The van der Waals surface area contributed by atoms with Gasteiger partial charge in [0, 0.05) is 0 Å². The fourth-order valence-electron chi connectivity index (χ4n) is 6.29. The van der Waals surface area contributed by atoms with E-state index < -0.39 is 0 Å². The van der Waals surface area contributed by atoms with Gasteiger partial charge in [-0.2, -0.15) is 0 Å². The van der Waals surface area contributed by atoms with Gasteiger partial charge in [0.05, 0.1) is 18.8 Å². The molecule has 0 saturated heterocycles. The number of rotatable bonds is 23. The quantitative estimate of drug-likeness (QED) is 0.0731. The largest absolute Gasteiger partial charge is 0.494 e. The molecule has 0 N–H and O–H groups in total. The molecule has 0 bridgehead atoms. The van der Waals surface area contributed by atoms with Gasteiger partial charge < -0.3 is 14.2 Å². The van der Waals surface area contributed by atoms with E-state index in [0.717, 1.165) is 49.4 Å². The van der Waals surface area contributed by atoms with Gasteiger partial charge in [-0.05, 0) is 79.6 Å². The van der Waals surface area contributed by atoms with Crippen LogP contribution < -0.4 is 14.2 Å². The Balaban J connectivity index is 1.23. The first-order valence-corrected chi connectivity index (χ1v) is 17.9. The summed E-state index contributed by atoms with van der Waals surface area (Å²) in [5, 5.41) is 0. The van der Waals surface area contributed by atoms with Crippen LogP contribution in [0, 0.1) is 11.8 Å². The lowest BCUT2D eigenvalue weighted by molar-refractivity contribution is 0.0734. The van der Waals surface area contributed by atoms with Crippen LogP contribution in [0.5, 0.6) is 17.2 Å². The van der Waals surface area contributed by atoms with Crippen LogP contribution in [0.2, 0.25) is 0 Å². The minimum absolute atomic E-state index is 0.366. The van der Waals surface area contributed by atoms with Gasteiger partial charge in [0.2, 0.25) is 0 Å². The van der Waals surface area contributed by atoms with Crippen LogP contribution in [0.15, 0.2) is 48.5 Å². The van der Waals surface area contributed by atoms with Crippen LogP contribution in [-0.2, 0) is 0 Å². The third-order valence-electron chi connectivity index (χ3n) is 9.10. The van der Waals surface area contributed by atoms with E-state index in [0.29, 0.717) is 11.3 Å². The van der Waals surface area contributed by atoms with Crippen molar-refractivity contribution in [3.8, 4) is 17.2 Å². The summed E-state index contributed by atoms with van der Waals surface area (Å²) < 4.78 is 17.4. The van der Waals surface area contributed by atoms with Gasteiger partial charge in [-0.15, -0.1) is 0 Å². The van der Waals surface area contributed by atoms with Crippen molar-refractivity contribution in [1.82, 2.24) is 0 Å². The van der Waals surface area contributed by atoms with Crippen molar-refractivity contribution in [2.45, 2.75) is 142 Å². The highest BCUT2D eigenvalue weighted by molar-refractivity contribution is 5.91. The molecular weight excluding hydrogens is 532 g/mol. The Labute approximate surface area is 263 Å². The zero-order valence-electron chi connectivity index (χ0n) is 27.5. The first kappa shape index (κ1) is 35.0. The van der Waals surface area contributed by atoms with E-state index in [4.69, 9.17) is 14.2 Å². The Morgan fingerprint density at radius 1 is 0.535 bits per heavy atom. The maximum atomic E-state index is 12.6. The van der Waals surface area contributed by atoms with Crippen LogP contribution in [-0.4, -0.2) is 19.2 Å². The molecule has 43 heavy (non-hydrogen) atoms. The zero-order valence-corrected chi connectivity index (χ0v) is 27.5. The van der Waals surface area contributed by atoms with Gasteiger partial charge in [-0.3, -0.25) is 0 Å². The van der Waals surface area contributed by atoms with E-state index in [-0.39, 0.29) is 5.97 Å². The molecular formula is C39H60O4. The third kappa shape index (κ3) is 15.2. The molecule has 4 nitrogen and oxygen atoms in total. The summed E-state index contributed by atoms with van der Waals surface area (Å²) in [6.07, 6.45) is 26.7. The number of unbranched alkanes of at least 4 members (excludes halogenated alkanes) is 11. The summed E-state index contributed by atoms with van der Waals surface area (Å²) >= 11 is 0. The van der Waals surface area contributed by atoms with E-state index in [1.54, 1.807) is 24.3 Å². The van der Waals surface area contributed by atoms with E-state index in [1.165, 1.54) is 116 Å². The average molecular weight is 593 g/mol. The van der Waals surface area contributed by atoms with Crippen molar-refractivity contribution in [1.29, 1.82) is 0 Å². The number of hydrogen-bond acceptors (Lipinski definition) is 4. The van der Waals surface area contributed by atoms with Crippen LogP contribution in [0.4, 0.5) is 0 Å². The van der Waals surface area contributed by atoms with Crippen molar-refractivity contribution >= 4 is 5.97 Å². The maximum Gasteiger partial charge on any atom is 0.343 e. The van der Waals surface area contributed by atoms with Crippen molar-refractivity contribution in [3.63, 3.8) is 0 Å². The monoisotopic (exact) mass is 592 g/mol. The third-order valence-corrected chi connectivity index (χ3v) is 9.10. The number of esters is 1. The molecule has 0 aromatic heterocycles. The fraction of sp³-hybridized carbons (Fsp3) is 0.667. The lowest BCUT2D eigenvalue weighted by atomic mass is 9.78. The fourth-order valence-corrected chi connectivity index (χ4v) is 6.29. The Kier molecular flexibility index (Phi) is 18.0. The predicted octanol–water partition coefficient (Wildman–Crippen LogP) is 11.8. The molecule has 1 saturated carbocycles. The Morgan fingerprint density at radius 3 is 1.51 bits per heavy atom. The average Bonchev–Trinajstić information content (AvgIpc) is 3.04. The molecule has 0 spiro atoms. The second kappa shape index (κ2) is 22.1. The van der Waals surface area contributed by atoms with Crippen LogP contribution in [0.3, 0.4) is 0 Å². The van der Waals surface area contributed by atoms with Crippen molar-refractivity contribution in [3.05, 3.63) is 54.1 Å². The molecule has 0 radical (unpaired) electrons. The van der Waals surface area contributed by atoms with Crippen molar-refractivity contribution in [2.75, 3.05) is 13.2 Å². The number of ether oxygens (including phenoxy) is 3. The summed E-state index contributed by atoms with van der Waals surface area (Å²) in [5.74, 6) is 3.62. The SMILES string of the molecule is CCCCCCCCCCCCOc1ccc(C(=O)Oc2ccc(OCCCC3CCC(CCCCC)CC3)cc2)cc1. The Hall–Kier alpha value is -2.49. The highest BCUT2D eigenvalue weighted by Crippen LogP contribution is 2.34. The lowest BCUT2D eigenvalue weighted by Crippen LogP contribution is -2.15. The topological polar surface area (TPSA) is 44.8 Å². The van der Waals surface area contributed by atoms with E-state index in [2.05, 4.69) is 13.8 Å². The van der Waals surface area contributed by atoms with Gasteiger partial charge in [0.25, 0.3) is 0 Å². The number of benzene rings is 2. The first-order chi connectivity index (χ1) is 21.2. The molecule has 0 unspecified atom stereocenters. The van der Waals surface area contributed by atoms with E-state index in [1.807, 2.05) is 24.3 Å². The molecule has 0 atom stereocenters. The van der Waals surface area contributed by atoms with E-state index >= 15 is 0 Å². The predicted molar refractivity (Wildman–Crippen MR) is 180 cm³/mol. The molecule has 1 aliphatic rings. The van der Waals surface area contributed by atoms with Gasteiger partial charge in [0.15, 0.2) is 0 Å². The van der Waals surface area contributed by atoms with Gasteiger partial charge in [0.1, 0.15) is 17.2 Å². The summed E-state index contributed by atoms with van der Waals surface area (Å²) in [6, 6.07) is 14.6. The second-order valence-electron chi connectivity index (χ2n) is 12.8. The minimum atomic E-state index is -0.366. The first-order valence-electron chi connectivity index (χ1n) is 17.9. The minimum Gasteiger partial charge on any atom is -0.494 e. The highest BCUT2D eigenvalue weighted by Gasteiger charge is 2.20. The Bertz CT molecular complexity index is 960. The van der Waals surface area contributed by atoms with Crippen molar-refractivity contribution < 1.29 is 19.0 Å². The highest BCUT2D eigenvalue weighted by atomic mass is 16.5. The molecule has 0 amide bonds. The standard InChI is InChI=1S/C39H60O4/c1-3-5-7-8-9-10-11-12-13-15-31-41-36-25-23-35(24-26-36)39(40)43-38-29-27-37(28-30-38)42-32-16-18-34-21-19-33(20-22-34)17-14-6-4-2/h23-30,33-34H,3-22,31-32H2,1-2H3. The van der Waals surface area contributed by atoms with Gasteiger partial charge in [-0.1, -0.05) is 123 Å². The lowest BCUT2D eigenvalue weighted by Gasteiger charge is -2.28. The Morgan fingerprint density at radius 2 is 0.953 bits per heavy atom. The molecule has 2 aromatic rings. The molecule has 2 aromatic carbocycles. The number of carbonyl (C=O) groups is 1.